The van der Waals surface area contributed by atoms with E-state index in [1.807, 2.05) is 17.5 Å². The van der Waals surface area contributed by atoms with Gasteiger partial charge in [0.05, 0.1) is 19.6 Å². The molecule has 3 N–H and O–H groups in total. The average molecular weight is 241 g/mol. The van der Waals surface area contributed by atoms with Crippen LogP contribution in [0.1, 0.15) is 4.88 Å². The van der Waals surface area contributed by atoms with Gasteiger partial charge in [-0.05, 0) is 11.4 Å². The van der Waals surface area contributed by atoms with Gasteiger partial charge >= 0.3 is 0 Å². The molecule has 1 heterocycles. The quantitative estimate of drug-likeness (QED) is 0.748. The molecule has 0 atom stereocenters. The van der Waals surface area contributed by atoms with Crippen LogP contribution in [0, 0.1) is 0 Å². The van der Waals surface area contributed by atoms with Crippen molar-refractivity contribution in [1.82, 2.24) is 10.2 Å². The molecule has 0 aliphatic carbocycles. The maximum atomic E-state index is 11.6. The van der Waals surface area contributed by atoms with Gasteiger partial charge in [0.1, 0.15) is 0 Å². The fourth-order valence-corrected chi connectivity index (χ4v) is 1.86. The molecular formula is C10H15N3O2S. The number of hydrogen-bond donors (Lipinski definition) is 2. The second-order valence-corrected chi connectivity index (χ2v) is 4.34. The van der Waals surface area contributed by atoms with Crippen molar-refractivity contribution in [3.63, 3.8) is 0 Å². The van der Waals surface area contributed by atoms with Crippen molar-refractivity contribution in [3.8, 4) is 0 Å². The number of nitrogens with zero attached hydrogens (tertiary/aromatic N) is 1. The predicted octanol–water partition coefficient (Wildman–Crippen LogP) is -0.219. The van der Waals surface area contributed by atoms with E-state index in [9.17, 15) is 9.59 Å². The highest BCUT2D eigenvalue weighted by molar-refractivity contribution is 7.09. The minimum Gasteiger partial charge on any atom is -0.346 e. The summed E-state index contributed by atoms with van der Waals surface area (Å²) in [5.41, 5.74) is 5.11. The highest BCUT2D eigenvalue weighted by atomic mass is 32.1. The Morgan fingerprint density at radius 2 is 2.31 bits per heavy atom. The van der Waals surface area contributed by atoms with Crippen LogP contribution in [0.3, 0.4) is 0 Å². The standard InChI is InChI=1S/C10H15N3O2S/c1-13(7-8-3-2-4-16-8)10(15)6-12-9(14)5-11/h2-4H,5-7,11H2,1H3,(H,12,14). The van der Waals surface area contributed by atoms with Crippen LogP contribution in [0.15, 0.2) is 17.5 Å². The van der Waals surface area contributed by atoms with Crippen molar-refractivity contribution < 1.29 is 9.59 Å². The Balaban J connectivity index is 2.33. The fraction of sp³-hybridized carbons (Fsp3) is 0.400. The molecule has 0 saturated carbocycles. The summed E-state index contributed by atoms with van der Waals surface area (Å²) in [6.45, 7) is 0.467. The Bertz CT molecular complexity index is 351. The van der Waals surface area contributed by atoms with Gasteiger partial charge in [-0.25, -0.2) is 0 Å². The molecule has 0 radical (unpaired) electrons. The van der Waals surface area contributed by atoms with Gasteiger partial charge in [-0.1, -0.05) is 6.07 Å². The minimum atomic E-state index is -0.321. The van der Waals surface area contributed by atoms with Crippen LogP contribution in [-0.4, -0.2) is 36.9 Å². The molecule has 1 aromatic heterocycles. The van der Waals surface area contributed by atoms with Crippen LogP contribution >= 0.6 is 11.3 Å². The molecule has 0 aromatic carbocycles. The van der Waals surface area contributed by atoms with Crippen molar-refractivity contribution >= 4 is 23.2 Å². The van der Waals surface area contributed by atoms with Crippen molar-refractivity contribution in [2.75, 3.05) is 20.1 Å². The molecule has 0 bridgehead atoms. The summed E-state index contributed by atoms with van der Waals surface area (Å²) < 4.78 is 0. The Hall–Kier alpha value is -1.40. The third kappa shape index (κ3) is 4.00. The monoisotopic (exact) mass is 241 g/mol. The van der Waals surface area contributed by atoms with E-state index in [4.69, 9.17) is 5.73 Å². The SMILES string of the molecule is CN(Cc1cccs1)C(=O)CNC(=O)CN. The molecule has 0 aliphatic heterocycles. The molecule has 0 fully saturated rings. The first kappa shape index (κ1) is 12.7. The summed E-state index contributed by atoms with van der Waals surface area (Å²) in [6, 6.07) is 3.90. The Labute approximate surface area is 98.2 Å². The molecule has 0 unspecified atom stereocenters. The largest absolute Gasteiger partial charge is 0.346 e. The molecule has 2 amide bonds. The van der Waals surface area contributed by atoms with Gasteiger partial charge in [0, 0.05) is 11.9 Å². The first-order chi connectivity index (χ1) is 7.63. The van der Waals surface area contributed by atoms with E-state index < -0.39 is 0 Å². The molecular weight excluding hydrogens is 226 g/mol. The molecule has 0 spiro atoms. The van der Waals surface area contributed by atoms with E-state index in [-0.39, 0.29) is 24.9 Å². The Kier molecular flexibility index (Phi) is 4.94. The number of nitrogens with one attached hydrogen (secondary N) is 1. The first-order valence-electron chi connectivity index (χ1n) is 4.86. The number of hydrogen-bond acceptors (Lipinski definition) is 4. The summed E-state index contributed by atoms with van der Waals surface area (Å²) in [4.78, 5) is 25.1. The van der Waals surface area contributed by atoms with Crippen molar-refractivity contribution in [1.29, 1.82) is 0 Å². The molecule has 16 heavy (non-hydrogen) atoms. The van der Waals surface area contributed by atoms with E-state index >= 15 is 0 Å². The van der Waals surface area contributed by atoms with Gasteiger partial charge in [0.2, 0.25) is 11.8 Å². The van der Waals surface area contributed by atoms with Crippen LogP contribution in [0.2, 0.25) is 0 Å². The van der Waals surface area contributed by atoms with E-state index in [0.29, 0.717) is 6.54 Å². The number of rotatable bonds is 5. The van der Waals surface area contributed by atoms with Gasteiger partial charge in [0.25, 0.3) is 0 Å². The maximum absolute atomic E-state index is 11.6. The molecule has 6 heteroatoms. The van der Waals surface area contributed by atoms with Gasteiger partial charge in [0.15, 0.2) is 0 Å². The smallest absolute Gasteiger partial charge is 0.242 e. The first-order valence-corrected chi connectivity index (χ1v) is 5.74. The summed E-state index contributed by atoms with van der Waals surface area (Å²) in [6.07, 6.45) is 0. The lowest BCUT2D eigenvalue weighted by Gasteiger charge is -2.16. The number of likely N-dealkylation sites (N-methyl/N-ethyl adjacent to an activating group) is 1. The normalized spacial score (nSPS) is 9.88. The van der Waals surface area contributed by atoms with Crippen molar-refractivity contribution in [3.05, 3.63) is 22.4 Å². The topological polar surface area (TPSA) is 75.4 Å². The molecule has 0 aliphatic rings. The number of amides is 2. The van der Waals surface area contributed by atoms with Crippen LogP contribution in [0.4, 0.5) is 0 Å². The number of thiophene rings is 1. The number of carbonyl (C=O) groups is 2. The lowest BCUT2D eigenvalue weighted by molar-refractivity contribution is -0.131. The van der Waals surface area contributed by atoms with Crippen LogP contribution in [0.5, 0.6) is 0 Å². The average Bonchev–Trinajstić information content (AvgIpc) is 2.77. The highest BCUT2D eigenvalue weighted by Gasteiger charge is 2.10. The minimum absolute atomic E-state index is 0.00207. The van der Waals surface area contributed by atoms with Gasteiger partial charge in [-0.2, -0.15) is 0 Å². The third-order valence-electron chi connectivity index (χ3n) is 2.02. The lowest BCUT2D eigenvalue weighted by Crippen LogP contribution is -2.39. The lowest BCUT2D eigenvalue weighted by atomic mass is 10.4. The van der Waals surface area contributed by atoms with Gasteiger partial charge < -0.3 is 16.0 Å². The molecule has 0 saturated heterocycles. The van der Waals surface area contributed by atoms with Crippen molar-refractivity contribution in [2.45, 2.75) is 6.54 Å². The second kappa shape index (κ2) is 6.24. The van der Waals surface area contributed by atoms with E-state index in [1.54, 1.807) is 23.3 Å². The van der Waals surface area contributed by atoms with E-state index in [0.717, 1.165) is 4.88 Å². The summed E-state index contributed by atoms with van der Waals surface area (Å²) in [5.74, 6) is -0.451. The maximum Gasteiger partial charge on any atom is 0.242 e. The Morgan fingerprint density at radius 1 is 1.56 bits per heavy atom. The molecule has 1 rings (SSSR count). The van der Waals surface area contributed by atoms with Gasteiger partial charge in [-0.3, -0.25) is 9.59 Å². The zero-order valence-corrected chi connectivity index (χ0v) is 9.92. The highest BCUT2D eigenvalue weighted by Crippen LogP contribution is 2.10. The zero-order valence-electron chi connectivity index (χ0n) is 9.10. The molecule has 1 aromatic rings. The Morgan fingerprint density at radius 3 is 2.88 bits per heavy atom. The zero-order chi connectivity index (χ0) is 12.0. The predicted molar refractivity (Wildman–Crippen MR) is 62.9 cm³/mol. The van der Waals surface area contributed by atoms with Gasteiger partial charge in [-0.15, -0.1) is 11.3 Å². The van der Waals surface area contributed by atoms with E-state index in [2.05, 4.69) is 5.32 Å². The van der Waals surface area contributed by atoms with Crippen LogP contribution in [0.25, 0.3) is 0 Å². The summed E-state index contributed by atoms with van der Waals surface area (Å²) >= 11 is 1.60. The summed E-state index contributed by atoms with van der Waals surface area (Å²) in [7, 11) is 1.71. The van der Waals surface area contributed by atoms with E-state index in [1.165, 1.54) is 0 Å². The number of nitrogens with two attached hydrogens (primary N) is 1. The number of carbonyl (C=O) groups excluding carboxylic acids is 2. The summed E-state index contributed by atoms with van der Waals surface area (Å²) in [5, 5.41) is 4.40. The fourth-order valence-electron chi connectivity index (χ4n) is 1.11. The second-order valence-electron chi connectivity index (χ2n) is 3.31. The van der Waals surface area contributed by atoms with Crippen molar-refractivity contribution in [2.24, 2.45) is 5.73 Å². The van der Waals surface area contributed by atoms with Crippen LogP contribution < -0.4 is 11.1 Å². The molecule has 88 valence electrons. The molecule has 5 nitrogen and oxygen atoms in total. The van der Waals surface area contributed by atoms with Crippen LogP contribution in [-0.2, 0) is 16.1 Å². The third-order valence-corrected chi connectivity index (χ3v) is 2.88.